The Hall–Kier alpha value is -2.10. The van der Waals surface area contributed by atoms with Gasteiger partial charge in [0.2, 0.25) is 0 Å². The van der Waals surface area contributed by atoms with Gasteiger partial charge in [-0.3, -0.25) is 0 Å². The number of aromatic carboxylic acids is 1. The lowest BCUT2D eigenvalue weighted by molar-refractivity contribution is 0.0697. The summed E-state index contributed by atoms with van der Waals surface area (Å²) in [5.74, 6) is 0.420. The fourth-order valence-corrected chi connectivity index (χ4v) is 1.75. The largest absolute Gasteiger partial charge is 0.478 e. The summed E-state index contributed by atoms with van der Waals surface area (Å²) in [5.41, 5.74) is 0.295. The van der Waals surface area contributed by atoms with Crippen LogP contribution < -0.4 is 5.32 Å². The Bertz CT molecular complexity index is 579. The topological polar surface area (TPSA) is 62.2 Å². The highest BCUT2D eigenvalue weighted by Crippen LogP contribution is 2.22. The molecule has 0 radical (unpaired) electrons. The molecule has 2 aromatic rings. The maximum atomic E-state index is 10.9. The molecule has 0 unspecified atom stereocenters. The minimum Gasteiger partial charge on any atom is -0.478 e. The van der Waals surface area contributed by atoms with Crippen LogP contribution in [-0.4, -0.2) is 22.6 Å². The molecule has 0 saturated carbocycles. The summed E-state index contributed by atoms with van der Waals surface area (Å²) in [6.45, 7) is 5.09. The number of carbonyl (C=O) groups is 1. The highest BCUT2D eigenvalue weighted by atomic mass is 16.4. The van der Waals surface area contributed by atoms with Gasteiger partial charge in [-0.2, -0.15) is 0 Å². The van der Waals surface area contributed by atoms with Crippen molar-refractivity contribution in [3.05, 3.63) is 36.0 Å². The van der Waals surface area contributed by atoms with E-state index in [0.29, 0.717) is 11.5 Å². The monoisotopic (exact) mass is 244 g/mol. The van der Waals surface area contributed by atoms with Crippen LogP contribution in [0.15, 0.2) is 30.5 Å². The van der Waals surface area contributed by atoms with Crippen LogP contribution in [0.3, 0.4) is 0 Å². The van der Waals surface area contributed by atoms with Gasteiger partial charge >= 0.3 is 5.97 Å². The standard InChI is InChI=1S/C14H16N2O2/c1-9(2)8-16-13-12-4-3-11(14(17)18)7-10(12)5-6-15-13/h3-7,9H,8H2,1-2H3,(H,15,16)(H,17,18). The minimum atomic E-state index is -0.912. The summed E-state index contributed by atoms with van der Waals surface area (Å²) in [4.78, 5) is 15.2. The van der Waals surface area contributed by atoms with E-state index in [1.165, 1.54) is 0 Å². The van der Waals surface area contributed by atoms with Gasteiger partial charge in [0.05, 0.1) is 5.56 Å². The van der Waals surface area contributed by atoms with Crippen LogP contribution in [-0.2, 0) is 0 Å². The van der Waals surface area contributed by atoms with E-state index in [0.717, 1.165) is 23.1 Å². The maximum absolute atomic E-state index is 10.9. The van der Waals surface area contributed by atoms with E-state index in [-0.39, 0.29) is 0 Å². The van der Waals surface area contributed by atoms with Crippen LogP contribution in [0.2, 0.25) is 0 Å². The summed E-state index contributed by atoms with van der Waals surface area (Å²) < 4.78 is 0. The van der Waals surface area contributed by atoms with E-state index in [9.17, 15) is 4.79 Å². The molecule has 1 aromatic carbocycles. The molecule has 18 heavy (non-hydrogen) atoms. The molecule has 94 valence electrons. The molecule has 4 heteroatoms. The lowest BCUT2D eigenvalue weighted by Gasteiger charge is -2.10. The molecular formula is C14H16N2O2. The quantitative estimate of drug-likeness (QED) is 0.867. The number of anilines is 1. The second-order valence-electron chi connectivity index (χ2n) is 4.68. The number of hydrogen-bond donors (Lipinski definition) is 2. The number of pyridine rings is 1. The van der Waals surface area contributed by atoms with Crippen LogP contribution in [0.4, 0.5) is 5.82 Å². The predicted octanol–water partition coefficient (Wildman–Crippen LogP) is 3.00. The SMILES string of the molecule is CC(C)CNc1nccc2cc(C(=O)O)ccc12. The van der Waals surface area contributed by atoms with Crippen LogP contribution >= 0.6 is 0 Å². The predicted molar refractivity (Wildman–Crippen MR) is 72.0 cm³/mol. The van der Waals surface area contributed by atoms with Gasteiger partial charge in [0.1, 0.15) is 5.82 Å². The lowest BCUT2D eigenvalue weighted by atomic mass is 10.1. The lowest BCUT2D eigenvalue weighted by Crippen LogP contribution is -2.09. The molecule has 0 aliphatic carbocycles. The normalized spacial score (nSPS) is 10.8. The number of fused-ring (bicyclic) bond motifs is 1. The number of carboxylic acid groups (broad SMARTS) is 1. The van der Waals surface area contributed by atoms with Crippen molar-refractivity contribution in [3.63, 3.8) is 0 Å². The Labute approximate surface area is 106 Å². The highest BCUT2D eigenvalue weighted by Gasteiger charge is 2.07. The average Bonchev–Trinajstić information content (AvgIpc) is 2.35. The van der Waals surface area contributed by atoms with E-state index in [1.54, 1.807) is 24.4 Å². The van der Waals surface area contributed by atoms with Crippen molar-refractivity contribution < 1.29 is 9.90 Å². The molecule has 4 nitrogen and oxygen atoms in total. The summed E-state index contributed by atoms with van der Waals surface area (Å²) >= 11 is 0. The molecule has 1 heterocycles. The molecule has 1 aromatic heterocycles. The second-order valence-corrected chi connectivity index (χ2v) is 4.68. The summed E-state index contributed by atoms with van der Waals surface area (Å²) in [7, 11) is 0. The van der Waals surface area contributed by atoms with E-state index in [2.05, 4.69) is 24.1 Å². The molecule has 2 N–H and O–H groups in total. The van der Waals surface area contributed by atoms with Crippen LogP contribution in [0.1, 0.15) is 24.2 Å². The molecule has 0 bridgehead atoms. The Morgan fingerprint density at radius 1 is 1.39 bits per heavy atom. The van der Waals surface area contributed by atoms with Crippen LogP contribution in [0.25, 0.3) is 10.8 Å². The van der Waals surface area contributed by atoms with Gasteiger partial charge in [0, 0.05) is 18.1 Å². The van der Waals surface area contributed by atoms with Crippen molar-refractivity contribution in [2.75, 3.05) is 11.9 Å². The Kier molecular flexibility index (Phi) is 3.46. The van der Waals surface area contributed by atoms with Crippen LogP contribution in [0.5, 0.6) is 0 Å². The number of nitrogens with one attached hydrogen (secondary N) is 1. The molecule has 0 aliphatic rings. The third kappa shape index (κ3) is 2.59. The molecule has 2 rings (SSSR count). The molecule has 0 amide bonds. The smallest absolute Gasteiger partial charge is 0.335 e. The number of nitrogens with zero attached hydrogens (tertiary/aromatic N) is 1. The molecule has 0 spiro atoms. The third-order valence-corrected chi connectivity index (χ3v) is 2.69. The van der Waals surface area contributed by atoms with Crippen molar-refractivity contribution in [1.29, 1.82) is 0 Å². The van der Waals surface area contributed by atoms with Crippen molar-refractivity contribution in [2.45, 2.75) is 13.8 Å². The number of hydrogen-bond acceptors (Lipinski definition) is 3. The zero-order valence-corrected chi connectivity index (χ0v) is 10.5. The van der Waals surface area contributed by atoms with Crippen molar-refractivity contribution in [3.8, 4) is 0 Å². The van der Waals surface area contributed by atoms with Crippen LogP contribution in [0, 0.1) is 5.92 Å². The molecule has 0 saturated heterocycles. The number of benzene rings is 1. The van der Waals surface area contributed by atoms with Gasteiger partial charge < -0.3 is 10.4 Å². The van der Waals surface area contributed by atoms with Gasteiger partial charge in [-0.25, -0.2) is 9.78 Å². The van der Waals surface area contributed by atoms with E-state index >= 15 is 0 Å². The van der Waals surface area contributed by atoms with Crippen molar-refractivity contribution in [1.82, 2.24) is 4.98 Å². The van der Waals surface area contributed by atoms with Gasteiger partial charge in [0.15, 0.2) is 0 Å². The maximum Gasteiger partial charge on any atom is 0.335 e. The Morgan fingerprint density at radius 3 is 2.83 bits per heavy atom. The molecule has 0 aliphatic heterocycles. The fourth-order valence-electron chi connectivity index (χ4n) is 1.75. The molecule has 0 fully saturated rings. The summed E-state index contributed by atoms with van der Waals surface area (Å²) in [5, 5.41) is 14.1. The number of carboxylic acids is 1. The first-order valence-electron chi connectivity index (χ1n) is 5.94. The summed E-state index contributed by atoms with van der Waals surface area (Å²) in [6.07, 6.45) is 1.69. The first-order valence-corrected chi connectivity index (χ1v) is 5.94. The van der Waals surface area contributed by atoms with Crippen molar-refractivity contribution in [2.24, 2.45) is 5.92 Å². The minimum absolute atomic E-state index is 0.295. The third-order valence-electron chi connectivity index (χ3n) is 2.69. The van der Waals surface area contributed by atoms with Gasteiger partial charge in [0.25, 0.3) is 0 Å². The zero-order valence-electron chi connectivity index (χ0n) is 10.5. The van der Waals surface area contributed by atoms with Gasteiger partial charge in [-0.1, -0.05) is 13.8 Å². The van der Waals surface area contributed by atoms with E-state index < -0.39 is 5.97 Å². The van der Waals surface area contributed by atoms with E-state index in [4.69, 9.17) is 5.11 Å². The second kappa shape index (κ2) is 5.04. The number of aromatic nitrogens is 1. The summed E-state index contributed by atoms with van der Waals surface area (Å²) in [6, 6.07) is 6.89. The van der Waals surface area contributed by atoms with E-state index in [1.807, 2.05) is 6.07 Å². The zero-order chi connectivity index (χ0) is 13.1. The fraction of sp³-hybridized carbons (Fsp3) is 0.286. The molecule has 0 atom stereocenters. The van der Waals surface area contributed by atoms with Gasteiger partial charge in [-0.15, -0.1) is 0 Å². The first kappa shape index (κ1) is 12.4. The molecular weight excluding hydrogens is 228 g/mol. The highest BCUT2D eigenvalue weighted by molar-refractivity contribution is 5.98. The van der Waals surface area contributed by atoms with Gasteiger partial charge in [-0.05, 0) is 35.6 Å². The first-order chi connectivity index (χ1) is 8.58. The number of rotatable bonds is 4. The average molecular weight is 244 g/mol. The Morgan fingerprint density at radius 2 is 2.17 bits per heavy atom. The van der Waals surface area contributed by atoms with Crippen molar-refractivity contribution >= 4 is 22.6 Å². The Balaban J connectivity index is 2.40.